The van der Waals surface area contributed by atoms with Crippen LogP contribution in [0.3, 0.4) is 0 Å². The number of carbonyl (C=O) groups is 1. The fraction of sp³-hybridized carbons (Fsp3) is 0.125. The summed E-state index contributed by atoms with van der Waals surface area (Å²) in [4.78, 5) is 10.4. The molecule has 0 saturated heterocycles. The van der Waals surface area contributed by atoms with E-state index in [0.717, 1.165) is 0 Å². The Balaban J connectivity index is 2.72. The topological polar surface area (TPSA) is 52.3 Å². The molecule has 1 aromatic rings. The maximum atomic E-state index is 12.6. The molecule has 0 atom stereocenters. The van der Waals surface area contributed by atoms with Gasteiger partial charge in [-0.2, -0.15) is 0 Å². The molecule has 1 aromatic carbocycles. The Morgan fingerprint density at radius 1 is 1.62 bits per heavy atom. The summed E-state index contributed by atoms with van der Waals surface area (Å²) >= 11 is 3.08. The second-order valence-electron chi connectivity index (χ2n) is 2.33. The maximum absolute atomic E-state index is 12.6. The first-order valence-corrected chi connectivity index (χ1v) is 4.25. The van der Waals surface area contributed by atoms with E-state index in [4.69, 9.17) is 10.5 Å². The smallest absolute Gasteiger partial charge is 0.255 e. The van der Waals surface area contributed by atoms with Gasteiger partial charge >= 0.3 is 0 Å². The summed E-state index contributed by atoms with van der Waals surface area (Å²) in [5.41, 5.74) is 4.87. The van der Waals surface area contributed by atoms with Gasteiger partial charge in [0.2, 0.25) is 0 Å². The maximum Gasteiger partial charge on any atom is 0.255 e. The first kappa shape index (κ1) is 9.98. The van der Waals surface area contributed by atoms with Crippen LogP contribution in [-0.4, -0.2) is 12.5 Å². The molecule has 0 aliphatic carbocycles. The third-order valence-electron chi connectivity index (χ3n) is 1.26. The highest BCUT2D eigenvalue weighted by atomic mass is 79.9. The third kappa shape index (κ3) is 3.02. The molecule has 0 fully saturated rings. The molecule has 0 saturated carbocycles. The second kappa shape index (κ2) is 4.23. The summed E-state index contributed by atoms with van der Waals surface area (Å²) in [6.45, 7) is -0.218. The van der Waals surface area contributed by atoms with Crippen molar-refractivity contribution in [1.29, 1.82) is 0 Å². The summed E-state index contributed by atoms with van der Waals surface area (Å²) in [5, 5.41) is 0. The summed E-state index contributed by atoms with van der Waals surface area (Å²) < 4.78 is 18.0. The largest absolute Gasteiger partial charge is 0.483 e. The Bertz CT molecular complexity index is 330. The fourth-order valence-electron chi connectivity index (χ4n) is 0.741. The highest BCUT2D eigenvalue weighted by molar-refractivity contribution is 9.10. The van der Waals surface area contributed by atoms with Crippen molar-refractivity contribution in [2.45, 2.75) is 0 Å². The van der Waals surface area contributed by atoms with Gasteiger partial charge < -0.3 is 10.5 Å². The number of rotatable bonds is 3. The SMILES string of the molecule is NC(=O)COc1ccc(F)cc1Br. The number of carbonyl (C=O) groups excluding carboxylic acids is 1. The van der Waals surface area contributed by atoms with Gasteiger partial charge in [0.1, 0.15) is 11.6 Å². The highest BCUT2D eigenvalue weighted by Crippen LogP contribution is 2.25. The van der Waals surface area contributed by atoms with E-state index in [1.165, 1.54) is 18.2 Å². The Hall–Kier alpha value is -1.10. The monoisotopic (exact) mass is 247 g/mol. The summed E-state index contributed by atoms with van der Waals surface area (Å²) in [6, 6.07) is 3.90. The van der Waals surface area contributed by atoms with Gasteiger partial charge in [0.15, 0.2) is 6.61 Å². The molecule has 13 heavy (non-hydrogen) atoms. The van der Waals surface area contributed by atoms with Crippen molar-refractivity contribution in [1.82, 2.24) is 0 Å². The van der Waals surface area contributed by atoms with Crippen LogP contribution >= 0.6 is 15.9 Å². The van der Waals surface area contributed by atoms with Gasteiger partial charge in [0.05, 0.1) is 4.47 Å². The zero-order valence-corrected chi connectivity index (χ0v) is 8.17. The highest BCUT2D eigenvalue weighted by Gasteiger charge is 2.03. The number of hydrogen-bond donors (Lipinski definition) is 1. The fourth-order valence-corrected chi connectivity index (χ4v) is 1.21. The van der Waals surface area contributed by atoms with Crippen LogP contribution in [0.15, 0.2) is 22.7 Å². The van der Waals surface area contributed by atoms with Gasteiger partial charge in [0, 0.05) is 0 Å². The van der Waals surface area contributed by atoms with Crippen molar-refractivity contribution >= 4 is 21.8 Å². The number of amides is 1. The molecule has 1 rings (SSSR count). The van der Waals surface area contributed by atoms with Crippen LogP contribution in [0.1, 0.15) is 0 Å². The Labute approximate surface area is 82.8 Å². The van der Waals surface area contributed by atoms with E-state index in [-0.39, 0.29) is 12.4 Å². The minimum atomic E-state index is -0.573. The molecule has 0 aliphatic heterocycles. The van der Waals surface area contributed by atoms with Crippen LogP contribution in [-0.2, 0) is 4.79 Å². The first-order valence-electron chi connectivity index (χ1n) is 3.46. The number of benzene rings is 1. The number of ether oxygens (including phenoxy) is 1. The summed E-state index contributed by atoms with van der Waals surface area (Å²) in [5.74, 6) is -0.560. The third-order valence-corrected chi connectivity index (χ3v) is 1.88. The number of hydrogen-bond acceptors (Lipinski definition) is 2. The van der Waals surface area contributed by atoms with E-state index < -0.39 is 5.91 Å². The summed E-state index contributed by atoms with van der Waals surface area (Å²) in [7, 11) is 0. The molecule has 0 radical (unpaired) electrons. The quantitative estimate of drug-likeness (QED) is 0.880. The molecule has 0 heterocycles. The standard InChI is InChI=1S/C8H7BrFNO2/c9-6-3-5(10)1-2-7(6)13-4-8(11)12/h1-3H,4H2,(H2,11,12). The predicted octanol–water partition coefficient (Wildman–Crippen LogP) is 1.45. The van der Waals surface area contributed by atoms with Crippen LogP contribution in [0, 0.1) is 5.82 Å². The van der Waals surface area contributed by atoms with Crippen LogP contribution in [0.4, 0.5) is 4.39 Å². The van der Waals surface area contributed by atoms with E-state index in [2.05, 4.69) is 15.9 Å². The normalized spacial score (nSPS) is 9.69. The average molecular weight is 248 g/mol. The molecule has 0 spiro atoms. The lowest BCUT2D eigenvalue weighted by molar-refractivity contribution is -0.119. The van der Waals surface area contributed by atoms with Crippen molar-refractivity contribution in [3.05, 3.63) is 28.5 Å². The van der Waals surface area contributed by atoms with Crippen molar-refractivity contribution in [3.63, 3.8) is 0 Å². The van der Waals surface area contributed by atoms with Crippen molar-refractivity contribution in [3.8, 4) is 5.75 Å². The van der Waals surface area contributed by atoms with Crippen LogP contribution in [0.5, 0.6) is 5.75 Å². The minimum absolute atomic E-state index is 0.218. The molecule has 0 aromatic heterocycles. The predicted molar refractivity (Wildman–Crippen MR) is 48.8 cm³/mol. The van der Waals surface area contributed by atoms with Crippen LogP contribution in [0.25, 0.3) is 0 Å². The lowest BCUT2D eigenvalue weighted by Gasteiger charge is -2.05. The molecule has 1 amide bonds. The van der Waals surface area contributed by atoms with Crippen molar-refractivity contribution in [2.75, 3.05) is 6.61 Å². The lowest BCUT2D eigenvalue weighted by Crippen LogP contribution is -2.20. The molecular formula is C8H7BrFNO2. The van der Waals surface area contributed by atoms with E-state index in [1.54, 1.807) is 0 Å². The van der Waals surface area contributed by atoms with Gasteiger partial charge in [-0.15, -0.1) is 0 Å². The van der Waals surface area contributed by atoms with Gasteiger partial charge in [-0.3, -0.25) is 4.79 Å². The van der Waals surface area contributed by atoms with Gasteiger partial charge in [-0.05, 0) is 34.1 Å². The first-order chi connectivity index (χ1) is 6.09. The van der Waals surface area contributed by atoms with E-state index in [1.807, 2.05) is 0 Å². The zero-order chi connectivity index (χ0) is 9.84. The zero-order valence-electron chi connectivity index (χ0n) is 6.59. The molecule has 2 N–H and O–H groups in total. The molecule has 0 bridgehead atoms. The van der Waals surface area contributed by atoms with Crippen molar-refractivity contribution < 1.29 is 13.9 Å². The molecule has 0 aliphatic rings. The van der Waals surface area contributed by atoms with Crippen LogP contribution < -0.4 is 10.5 Å². The van der Waals surface area contributed by atoms with Gasteiger partial charge in [-0.25, -0.2) is 4.39 Å². The van der Waals surface area contributed by atoms with E-state index in [0.29, 0.717) is 10.2 Å². The van der Waals surface area contributed by atoms with Crippen LogP contribution in [0.2, 0.25) is 0 Å². The molecular weight excluding hydrogens is 241 g/mol. The minimum Gasteiger partial charge on any atom is -0.483 e. The lowest BCUT2D eigenvalue weighted by atomic mass is 10.3. The number of primary amides is 1. The second-order valence-corrected chi connectivity index (χ2v) is 3.18. The number of nitrogens with two attached hydrogens (primary N) is 1. The van der Waals surface area contributed by atoms with Crippen molar-refractivity contribution in [2.24, 2.45) is 5.73 Å². The van der Waals surface area contributed by atoms with Gasteiger partial charge in [-0.1, -0.05) is 0 Å². The average Bonchev–Trinajstić information content (AvgIpc) is 2.02. The summed E-state index contributed by atoms with van der Waals surface area (Å²) in [6.07, 6.45) is 0. The Morgan fingerprint density at radius 2 is 2.31 bits per heavy atom. The number of halogens is 2. The molecule has 0 unspecified atom stereocenters. The van der Waals surface area contributed by atoms with Gasteiger partial charge in [0.25, 0.3) is 5.91 Å². The molecule has 70 valence electrons. The van der Waals surface area contributed by atoms with E-state index >= 15 is 0 Å². The molecule has 3 nitrogen and oxygen atoms in total. The Kier molecular flexibility index (Phi) is 3.25. The molecule has 5 heteroatoms. The Morgan fingerprint density at radius 3 is 2.85 bits per heavy atom. The van der Waals surface area contributed by atoms with E-state index in [9.17, 15) is 9.18 Å².